The second-order valence-corrected chi connectivity index (χ2v) is 6.46. The van der Waals surface area contributed by atoms with Gasteiger partial charge in [0.1, 0.15) is 5.60 Å². The van der Waals surface area contributed by atoms with E-state index < -0.39 is 5.60 Å². The highest BCUT2D eigenvalue weighted by atomic mass is 16.6. The molecule has 4 heteroatoms. The summed E-state index contributed by atoms with van der Waals surface area (Å²) >= 11 is 0. The van der Waals surface area contributed by atoms with Gasteiger partial charge in [-0.25, -0.2) is 4.79 Å². The number of hydrogen-bond acceptors (Lipinski definition) is 3. The third-order valence-electron chi connectivity index (χ3n) is 2.42. The molecule has 1 unspecified atom stereocenters. The number of carbonyl (C=O) groups excluding carboxylic acids is 1. The molecule has 0 bridgehead atoms. The van der Waals surface area contributed by atoms with Crippen LogP contribution in [0.5, 0.6) is 0 Å². The summed E-state index contributed by atoms with van der Waals surface area (Å²) in [7, 11) is 1.91. The zero-order chi connectivity index (χ0) is 13.7. The Morgan fingerprint density at radius 1 is 1.18 bits per heavy atom. The van der Waals surface area contributed by atoms with E-state index in [4.69, 9.17) is 4.74 Å². The second-order valence-electron chi connectivity index (χ2n) is 6.46. The van der Waals surface area contributed by atoms with Crippen LogP contribution in [0.3, 0.4) is 0 Å². The van der Waals surface area contributed by atoms with Crippen LogP contribution < -0.4 is 10.6 Å². The smallest absolute Gasteiger partial charge is 0.407 e. The topological polar surface area (TPSA) is 50.4 Å². The van der Waals surface area contributed by atoms with Crippen LogP contribution in [0.2, 0.25) is 0 Å². The van der Waals surface area contributed by atoms with E-state index in [2.05, 4.69) is 31.4 Å². The number of alkyl carbamates (subject to hydrolysis) is 1. The van der Waals surface area contributed by atoms with Crippen molar-refractivity contribution in [2.75, 3.05) is 13.6 Å². The Morgan fingerprint density at radius 2 is 1.71 bits per heavy atom. The highest BCUT2D eigenvalue weighted by molar-refractivity contribution is 5.68. The Hall–Kier alpha value is -0.770. The van der Waals surface area contributed by atoms with Gasteiger partial charge in [0.25, 0.3) is 0 Å². The van der Waals surface area contributed by atoms with Gasteiger partial charge < -0.3 is 15.4 Å². The van der Waals surface area contributed by atoms with Gasteiger partial charge in [0.15, 0.2) is 0 Å². The summed E-state index contributed by atoms with van der Waals surface area (Å²) in [5, 5.41) is 6.05. The Bertz CT molecular complexity index is 239. The van der Waals surface area contributed by atoms with E-state index in [1.807, 2.05) is 27.8 Å². The Labute approximate surface area is 105 Å². The fourth-order valence-electron chi connectivity index (χ4n) is 1.46. The first-order valence-electron chi connectivity index (χ1n) is 6.20. The number of rotatable bonds is 4. The maximum Gasteiger partial charge on any atom is 0.407 e. The zero-order valence-electron chi connectivity index (χ0n) is 12.3. The molecule has 0 heterocycles. The number of ether oxygens (including phenoxy) is 1. The van der Waals surface area contributed by atoms with E-state index in [9.17, 15) is 4.79 Å². The Morgan fingerprint density at radius 3 is 2.06 bits per heavy atom. The van der Waals surface area contributed by atoms with E-state index >= 15 is 0 Å². The van der Waals surface area contributed by atoms with Crippen LogP contribution in [-0.2, 0) is 4.74 Å². The molecule has 1 atom stereocenters. The van der Waals surface area contributed by atoms with Crippen LogP contribution in [0.25, 0.3) is 0 Å². The summed E-state index contributed by atoms with van der Waals surface area (Å²) in [6.45, 7) is 12.8. The van der Waals surface area contributed by atoms with Crippen LogP contribution in [0.4, 0.5) is 4.79 Å². The fraction of sp³-hybridized carbons (Fsp3) is 0.923. The molecule has 0 saturated heterocycles. The van der Waals surface area contributed by atoms with E-state index in [-0.39, 0.29) is 17.6 Å². The normalized spacial score (nSPS) is 14.3. The van der Waals surface area contributed by atoms with Crippen molar-refractivity contribution < 1.29 is 9.53 Å². The molecule has 0 spiro atoms. The molecule has 0 saturated carbocycles. The van der Waals surface area contributed by atoms with E-state index in [0.717, 1.165) is 13.0 Å². The van der Waals surface area contributed by atoms with Crippen molar-refractivity contribution >= 4 is 6.09 Å². The van der Waals surface area contributed by atoms with Gasteiger partial charge in [0.05, 0.1) is 0 Å². The van der Waals surface area contributed by atoms with Gasteiger partial charge in [-0.15, -0.1) is 0 Å². The molecule has 2 N–H and O–H groups in total. The highest BCUT2D eigenvalue weighted by Crippen LogP contribution is 2.22. The molecule has 0 rings (SSSR count). The summed E-state index contributed by atoms with van der Waals surface area (Å²) in [6, 6.07) is 0.102. The third kappa shape index (κ3) is 8.02. The predicted octanol–water partition coefficient (Wildman–Crippen LogP) is 2.54. The van der Waals surface area contributed by atoms with Gasteiger partial charge in [-0.3, -0.25) is 0 Å². The summed E-state index contributed by atoms with van der Waals surface area (Å²) in [4.78, 5) is 11.7. The third-order valence-corrected chi connectivity index (χ3v) is 2.42. The molecule has 1 amide bonds. The van der Waals surface area contributed by atoms with Gasteiger partial charge in [0, 0.05) is 6.04 Å². The SMILES string of the molecule is CNCCC(NC(=O)OC(C)(C)C)C(C)(C)C. The van der Waals surface area contributed by atoms with E-state index in [1.165, 1.54) is 0 Å². The Balaban J connectivity index is 4.39. The first-order chi connectivity index (χ1) is 7.56. The quantitative estimate of drug-likeness (QED) is 0.799. The molecule has 0 radical (unpaired) electrons. The van der Waals surface area contributed by atoms with Gasteiger partial charge in [0.2, 0.25) is 0 Å². The van der Waals surface area contributed by atoms with Crippen molar-refractivity contribution in [1.29, 1.82) is 0 Å². The fourth-order valence-corrected chi connectivity index (χ4v) is 1.46. The Kier molecular flexibility index (Phi) is 5.96. The largest absolute Gasteiger partial charge is 0.444 e. The lowest BCUT2D eigenvalue weighted by Gasteiger charge is -2.32. The molecule has 0 aromatic carbocycles. The molecule has 0 aliphatic heterocycles. The molecular formula is C13H28N2O2. The minimum absolute atomic E-state index is 0.0216. The van der Waals surface area contributed by atoms with Gasteiger partial charge in [-0.1, -0.05) is 20.8 Å². The van der Waals surface area contributed by atoms with Gasteiger partial charge >= 0.3 is 6.09 Å². The molecule has 0 aromatic rings. The van der Waals surface area contributed by atoms with Crippen molar-refractivity contribution in [2.24, 2.45) is 5.41 Å². The van der Waals surface area contributed by atoms with Crippen LogP contribution in [0.1, 0.15) is 48.0 Å². The van der Waals surface area contributed by atoms with Crippen molar-refractivity contribution in [2.45, 2.75) is 59.6 Å². The average molecular weight is 244 g/mol. The molecule has 0 fully saturated rings. The molecular weight excluding hydrogens is 216 g/mol. The average Bonchev–Trinajstić information content (AvgIpc) is 2.07. The highest BCUT2D eigenvalue weighted by Gasteiger charge is 2.27. The first-order valence-corrected chi connectivity index (χ1v) is 6.20. The minimum atomic E-state index is -0.449. The number of nitrogens with one attached hydrogen (secondary N) is 2. The zero-order valence-corrected chi connectivity index (χ0v) is 12.3. The molecule has 0 aliphatic carbocycles. The summed E-state index contributed by atoms with van der Waals surface area (Å²) < 4.78 is 5.27. The minimum Gasteiger partial charge on any atom is -0.444 e. The van der Waals surface area contributed by atoms with Crippen LogP contribution in [-0.4, -0.2) is 31.3 Å². The molecule has 102 valence electrons. The van der Waals surface area contributed by atoms with Crippen molar-refractivity contribution in [3.63, 3.8) is 0 Å². The lowest BCUT2D eigenvalue weighted by atomic mass is 9.85. The lowest BCUT2D eigenvalue weighted by Crippen LogP contribution is -2.46. The molecule has 0 aromatic heterocycles. The molecule has 0 aliphatic rings. The van der Waals surface area contributed by atoms with E-state index in [0.29, 0.717) is 0 Å². The maximum atomic E-state index is 11.7. The summed E-state index contributed by atoms with van der Waals surface area (Å²) in [5.74, 6) is 0. The van der Waals surface area contributed by atoms with Crippen LogP contribution in [0, 0.1) is 5.41 Å². The standard InChI is InChI=1S/C13H28N2O2/c1-12(2,3)10(8-9-14-7)15-11(16)17-13(4,5)6/h10,14H,8-9H2,1-7H3,(H,15,16). The van der Waals surface area contributed by atoms with Gasteiger partial charge in [-0.2, -0.15) is 0 Å². The summed E-state index contributed by atoms with van der Waals surface area (Å²) in [6.07, 6.45) is 0.549. The van der Waals surface area contributed by atoms with Crippen molar-refractivity contribution in [3.05, 3.63) is 0 Å². The maximum absolute atomic E-state index is 11.7. The first kappa shape index (κ1) is 16.2. The van der Waals surface area contributed by atoms with Crippen molar-refractivity contribution in [1.82, 2.24) is 10.6 Å². The van der Waals surface area contributed by atoms with E-state index in [1.54, 1.807) is 0 Å². The van der Waals surface area contributed by atoms with Crippen LogP contribution >= 0.6 is 0 Å². The van der Waals surface area contributed by atoms with Gasteiger partial charge in [-0.05, 0) is 46.2 Å². The lowest BCUT2D eigenvalue weighted by molar-refractivity contribution is 0.0459. The molecule has 17 heavy (non-hydrogen) atoms. The monoisotopic (exact) mass is 244 g/mol. The number of hydrogen-bond donors (Lipinski definition) is 2. The predicted molar refractivity (Wildman–Crippen MR) is 71.2 cm³/mol. The summed E-state index contributed by atoms with van der Waals surface area (Å²) in [5.41, 5.74) is -0.427. The second kappa shape index (κ2) is 6.24. The van der Waals surface area contributed by atoms with Crippen LogP contribution in [0.15, 0.2) is 0 Å². The number of carbonyl (C=O) groups is 1. The molecule has 4 nitrogen and oxygen atoms in total. The van der Waals surface area contributed by atoms with Crippen molar-refractivity contribution in [3.8, 4) is 0 Å². The number of amides is 1.